The van der Waals surface area contributed by atoms with E-state index in [9.17, 15) is 9.00 Å². The highest BCUT2D eigenvalue weighted by Crippen LogP contribution is 2.29. The molecule has 0 radical (unpaired) electrons. The molecule has 3 aromatic rings. The van der Waals surface area contributed by atoms with Crippen LogP contribution in [-0.4, -0.2) is 21.0 Å². The van der Waals surface area contributed by atoms with Crippen LogP contribution in [0.25, 0.3) is 21.9 Å². The summed E-state index contributed by atoms with van der Waals surface area (Å²) < 4.78 is 17.4. The monoisotopic (exact) mass is 288 g/mol. The highest BCUT2D eigenvalue weighted by Gasteiger charge is 2.10. The van der Waals surface area contributed by atoms with E-state index in [1.807, 2.05) is 42.5 Å². The van der Waals surface area contributed by atoms with E-state index in [4.69, 9.17) is 9.52 Å². The fourth-order valence-corrected chi connectivity index (χ4v) is 3.17. The molecule has 0 bridgehead atoms. The van der Waals surface area contributed by atoms with Gasteiger partial charge in [0.05, 0.1) is 0 Å². The Kier molecular flexibility index (Phi) is 3.28. The quantitative estimate of drug-likeness (QED) is 0.801. The SMILES string of the molecule is O=C(O)C[S@](=O)Cc1ccc2oc3ccccc3c2c1. The number of hydrogen-bond acceptors (Lipinski definition) is 3. The topological polar surface area (TPSA) is 67.5 Å². The smallest absolute Gasteiger partial charge is 0.316 e. The summed E-state index contributed by atoms with van der Waals surface area (Å²) in [5, 5.41) is 10.6. The lowest BCUT2D eigenvalue weighted by Gasteiger charge is -2.00. The van der Waals surface area contributed by atoms with Gasteiger partial charge in [-0.1, -0.05) is 24.3 Å². The van der Waals surface area contributed by atoms with E-state index in [2.05, 4.69) is 0 Å². The van der Waals surface area contributed by atoms with Crippen LogP contribution >= 0.6 is 0 Å². The lowest BCUT2D eigenvalue weighted by Crippen LogP contribution is -2.10. The summed E-state index contributed by atoms with van der Waals surface area (Å²) in [4.78, 5) is 10.5. The van der Waals surface area contributed by atoms with E-state index < -0.39 is 16.8 Å². The van der Waals surface area contributed by atoms with E-state index in [0.717, 1.165) is 27.5 Å². The van der Waals surface area contributed by atoms with Gasteiger partial charge < -0.3 is 9.52 Å². The molecule has 0 saturated heterocycles. The van der Waals surface area contributed by atoms with Crippen molar-refractivity contribution in [2.45, 2.75) is 5.75 Å². The van der Waals surface area contributed by atoms with E-state index in [-0.39, 0.29) is 11.5 Å². The van der Waals surface area contributed by atoms with Crippen LogP contribution in [0.1, 0.15) is 5.56 Å². The van der Waals surface area contributed by atoms with Gasteiger partial charge in [-0.05, 0) is 23.8 Å². The van der Waals surface area contributed by atoms with Crippen molar-refractivity contribution in [2.24, 2.45) is 0 Å². The summed E-state index contributed by atoms with van der Waals surface area (Å²) in [5.74, 6) is -1.13. The fraction of sp³-hybridized carbons (Fsp3) is 0.133. The summed E-state index contributed by atoms with van der Waals surface area (Å²) in [7, 11) is -1.40. The van der Waals surface area contributed by atoms with E-state index in [0.29, 0.717) is 0 Å². The number of fused-ring (bicyclic) bond motifs is 3. The molecule has 0 amide bonds. The third-order valence-electron chi connectivity index (χ3n) is 3.05. The standard InChI is InChI=1S/C15H12O4S/c16-15(17)9-20(18)8-10-5-6-14-12(7-10)11-3-1-2-4-13(11)19-14/h1-7H,8-9H2,(H,16,17)/t20-/m1/s1. The molecule has 0 unspecified atom stereocenters. The number of furan rings is 1. The predicted octanol–water partition coefficient (Wildman–Crippen LogP) is 2.92. The zero-order chi connectivity index (χ0) is 14.1. The third kappa shape index (κ3) is 2.44. The molecule has 0 aliphatic heterocycles. The van der Waals surface area contributed by atoms with Crippen LogP contribution in [0.4, 0.5) is 0 Å². The minimum atomic E-state index is -1.40. The van der Waals surface area contributed by atoms with Crippen molar-refractivity contribution in [3.8, 4) is 0 Å². The average Bonchev–Trinajstić information content (AvgIpc) is 2.76. The van der Waals surface area contributed by atoms with Gasteiger partial charge in [-0.2, -0.15) is 0 Å². The molecule has 0 saturated carbocycles. The first-order chi connectivity index (χ1) is 9.63. The molecule has 1 aromatic heterocycles. The summed E-state index contributed by atoms with van der Waals surface area (Å²) in [6.07, 6.45) is 0. The Morgan fingerprint density at radius 2 is 1.85 bits per heavy atom. The Hall–Kier alpha value is -2.14. The van der Waals surface area contributed by atoms with E-state index in [1.54, 1.807) is 0 Å². The predicted molar refractivity (Wildman–Crippen MR) is 78.1 cm³/mol. The second kappa shape index (κ2) is 5.09. The highest BCUT2D eigenvalue weighted by molar-refractivity contribution is 7.84. The van der Waals surface area contributed by atoms with Crippen molar-refractivity contribution >= 4 is 38.7 Å². The van der Waals surface area contributed by atoms with Gasteiger partial charge in [0.2, 0.25) is 0 Å². The molecule has 0 spiro atoms. The fourth-order valence-electron chi connectivity index (χ4n) is 2.24. The molecule has 0 aliphatic rings. The zero-order valence-corrected chi connectivity index (χ0v) is 11.4. The van der Waals surface area contributed by atoms with Crippen molar-refractivity contribution in [3.05, 3.63) is 48.0 Å². The Bertz CT molecular complexity index is 819. The number of para-hydroxylation sites is 1. The van der Waals surface area contributed by atoms with Gasteiger partial charge in [0.15, 0.2) is 0 Å². The maximum atomic E-state index is 11.7. The largest absolute Gasteiger partial charge is 0.481 e. The van der Waals surface area contributed by atoms with Crippen LogP contribution in [0.5, 0.6) is 0 Å². The number of rotatable bonds is 4. The molecular formula is C15H12O4S. The first kappa shape index (κ1) is 12.9. The number of carboxylic acid groups (broad SMARTS) is 1. The lowest BCUT2D eigenvalue weighted by atomic mass is 10.1. The molecule has 1 atom stereocenters. The molecule has 2 aromatic carbocycles. The van der Waals surface area contributed by atoms with Crippen LogP contribution in [-0.2, 0) is 21.3 Å². The Morgan fingerprint density at radius 3 is 2.65 bits per heavy atom. The van der Waals surface area contributed by atoms with E-state index >= 15 is 0 Å². The minimum absolute atomic E-state index is 0.238. The van der Waals surface area contributed by atoms with E-state index in [1.165, 1.54) is 0 Å². The van der Waals surface area contributed by atoms with Gasteiger partial charge in [-0.3, -0.25) is 9.00 Å². The van der Waals surface area contributed by atoms with Gasteiger partial charge in [0, 0.05) is 27.3 Å². The number of carbonyl (C=O) groups is 1. The molecule has 5 heteroatoms. The molecule has 4 nitrogen and oxygen atoms in total. The molecule has 0 aliphatic carbocycles. The Morgan fingerprint density at radius 1 is 1.10 bits per heavy atom. The van der Waals surface area contributed by atoms with Gasteiger partial charge in [-0.15, -0.1) is 0 Å². The summed E-state index contributed by atoms with van der Waals surface area (Å²) in [6.45, 7) is 0. The summed E-state index contributed by atoms with van der Waals surface area (Å²) >= 11 is 0. The minimum Gasteiger partial charge on any atom is -0.481 e. The molecule has 3 rings (SSSR count). The molecule has 1 N–H and O–H groups in total. The van der Waals surface area contributed by atoms with Crippen molar-refractivity contribution in [2.75, 3.05) is 5.75 Å². The molecule has 20 heavy (non-hydrogen) atoms. The second-order valence-electron chi connectivity index (χ2n) is 4.55. The van der Waals surface area contributed by atoms with Crippen LogP contribution < -0.4 is 0 Å². The Labute approximate surface area is 117 Å². The first-order valence-corrected chi connectivity index (χ1v) is 7.59. The number of hydrogen-bond donors (Lipinski definition) is 1. The summed E-state index contributed by atoms with van der Waals surface area (Å²) in [5.41, 5.74) is 2.44. The van der Waals surface area contributed by atoms with Crippen LogP contribution in [0.15, 0.2) is 46.9 Å². The lowest BCUT2D eigenvalue weighted by molar-refractivity contribution is -0.133. The second-order valence-corrected chi connectivity index (χ2v) is 6.01. The van der Waals surface area contributed by atoms with Gasteiger partial charge in [0.1, 0.15) is 16.9 Å². The molecule has 1 heterocycles. The van der Waals surface area contributed by atoms with Crippen molar-refractivity contribution < 1.29 is 18.5 Å². The Balaban J connectivity index is 1.99. The van der Waals surface area contributed by atoms with Gasteiger partial charge >= 0.3 is 5.97 Å². The maximum Gasteiger partial charge on any atom is 0.316 e. The number of aliphatic carboxylic acids is 1. The van der Waals surface area contributed by atoms with Gasteiger partial charge in [-0.25, -0.2) is 0 Å². The van der Waals surface area contributed by atoms with Crippen LogP contribution in [0.3, 0.4) is 0 Å². The number of carboxylic acids is 1. The molecular weight excluding hydrogens is 276 g/mol. The van der Waals surface area contributed by atoms with Gasteiger partial charge in [0.25, 0.3) is 0 Å². The first-order valence-electron chi connectivity index (χ1n) is 6.10. The maximum absolute atomic E-state index is 11.7. The normalized spacial score (nSPS) is 12.8. The highest BCUT2D eigenvalue weighted by atomic mass is 32.2. The number of benzene rings is 2. The van der Waals surface area contributed by atoms with Crippen LogP contribution in [0.2, 0.25) is 0 Å². The van der Waals surface area contributed by atoms with Crippen LogP contribution in [0, 0.1) is 0 Å². The molecule has 0 fully saturated rings. The summed E-state index contributed by atoms with van der Waals surface area (Å²) in [6, 6.07) is 13.3. The third-order valence-corrected chi connectivity index (χ3v) is 4.28. The zero-order valence-electron chi connectivity index (χ0n) is 10.5. The van der Waals surface area contributed by atoms with Crippen molar-refractivity contribution in [3.63, 3.8) is 0 Å². The molecule has 102 valence electrons. The van der Waals surface area contributed by atoms with Crippen molar-refractivity contribution in [1.82, 2.24) is 0 Å². The van der Waals surface area contributed by atoms with Crippen molar-refractivity contribution in [1.29, 1.82) is 0 Å². The average molecular weight is 288 g/mol.